The third-order valence-electron chi connectivity index (χ3n) is 2.71. The monoisotopic (exact) mass is 240 g/mol. The second kappa shape index (κ2) is 4.03. The molecule has 0 aliphatic carbocycles. The van der Waals surface area contributed by atoms with Gasteiger partial charge in [-0.25, -0.2) is 9.50 Å². The fourth-order valence-corrected chi connectivity index (χ4v) is 1.85. The molecule has 5 nitrogen and oxygen atoms in total. The topological polar surface area (TPSA) is 76.4 Å². The van der Waals surface area contributed by atoms with Gasteiger partial charge in [-0.05, 0) is 17.7 Å². The third kappa shape index (κ3) is 1.98. The molecule has 0 unspecified atom stereocenters. The first-order valence-electron chi connectivity index (χ1n) is 5.58. The lowest BCUT2D eigenvalue weighted by atomic mass is 10.1. The summed E-state index contributed by atoms with van der Waals surface area (Å²) in [7, 11) is 0. The van der Waals surface area contributed by atoms with Crippen molar-refractivity contribution in [2.24, 2.45) is 0 Å². The average Bonchev–Trinajstić information content (AvgIpc) is 2.73. The van der Waals surface area contributed by atoms with Gasteiger partial charge in [0.15, 0.2) is 5.65 Å². The summed E-state index contributed by atoms with van der Waals surface area (Å²) in [6.07, 6.45) is 4.05. The molecule has 0 saturated carbocycles. The minimum absolute atomic E-state index is 0.267. The first-order valence-corrected chi connectivity index (χ1v) is 5.58. The Labute approximate surface area is 104 Å². The predicted molar refractivity (Wildman–Crippen MR) is 68.3 cm³/mol. The zero-order valence-corrected chi connectivity index (χ0v) is 9.61. The highest BCUT2D eigenvalue weighted by Crippen LogP contribution is 2.14. The Kier molecular flexibility index (Phi) is 2.37. The number of aromatic hydroxyl groups is 1. The smallest absolute Gasteiger partial charge is 0.155 e. The molecule has 0 atom stereocenters. The van der Waals surface area contributed by atoms with Crippen LogP contribution in [-0.2, 0) is 6.42 Å². The number of phenols is 1. The highest BCUT2D eigenvalue weighted by Gasteiger charge is 2.04. The molecule has 0 bridgehead atoms. The van der Waals surface area contributed by atoms with Crippen LogP contribution in [0.1, 0.15) is 11.3 Å². The molecule has 0 spiro atoms. The van der Waals surface area contributed by atoms with Gasteiger partial charge in [0.1, 0.15) is 5.75 Å². The van der Waals surface area contributed by atoms with E-state index in [4.69, 9.17) is 5.73 Å². The number of nitrogens with zero attached hydrogens (tertiary/aromatic N) is 3. The van der Waals surface area contributed by atoms with Gasteiger partial charge in [0.05, 0.1) is 23.8 Å². The highest BCUT2D eigenvalue weighted by molar-refractivity contribution is 5.45. The van der Waals surface area contributed by atoms with Crippen LogP contribution in [0.5, 0.6) is 5.75 Å². The molecule has 2 heterocycles. The van der Waals surface area contributed by atoms with Crippen molar-refractivity contribution in [1.29, 1.82) is 0 Å². The van der Waals surface area contributed by atoms with E-state index in [2.05, 4.69) is 10.1 Å². The van der Waals surface area contributed by atoms with Gasteiger partial charge in [0, 0.05) is 12.5 Å². The third-order valence-corrected chi connectivity index (χ3v) is 2.71. The van der Waals surface area contributed by atoms with E-state index < -0.39 is 0 Å². The first kappa shape index (κ1) is 10.6. The fourth-order valence-electron chi connectivity index (χ4n) is 1.85. The molecule has 0 amide bonds. The van der Waals surface area contributed by atoms with Crippen molar-refractivity contribution in [2.75, 3.05) is 5.73 Å². The van der Waals surface area contributed by atoms with Crippen molar-refractivity contribution in [3.63, 3.8) is 0 Å². The molecule has 5 heteroatoms. The lowest BCUT2D eigenvalue weighted by Crippen LogP contribution is -1.94. The maximum absolute atomic E-state index is 9.22. The molecule has 18 heavy (non-hydrogen) atoms. The number of hydrogen-bond donors (Lipinski definition) is 2. The molecule has 0 radical (unpaired) electrons. The number of benzene rings is 1. The molecule has 90 valence electrons. The Morgan fingerprint density at radius 2 is 2.00 bits per heavy atom. The Morgan fingerprint density at radius 3 is 2.78 bits per heavy atom. The van der Waals surface area contributed by atoms with Crippen LogP contribution in [-0.4, -0.2) is 19.7 Å². The van der Waals surface area contributed by atoms with Crippen molar-refractivity contribution in [3.05, 3.63) is 54.0 Å². The summed E-state index contributed by atoms with van der Waals surface area (Å²) < 4.78 is 1.67. The van der Waals surface area contributed by atoms with Crippen molar-refractivity contribution in [3.8, 4) is 5.75 Å². The van der Waals surface area contributed by atoms with E-state index >= 15 is 0 Å². The number of aromatic nitrogens is 3. The van der Waals surface area contributed by atoms with Crippen LogP contribution < -0.4 is 5.73 Å². The largest absolute Gasteiger partial charge is 0.508 e. The zero-order chi connectivity index (χ0) is 12.5. The second-order valence-corrected chi connectivity index (χ2v) is 4.17. The molecule has 3 N–H and O–H groups in total. The molecule has 0 aliphatic heterocycles. The van der Waals surface area contributed by atoms with Gasteiger partial charge in [-0.15, -0.1) is 0 Å². The first-order chi connectivity index (χ1) is 8.70. The molecular formula is C13H12N4O. The average molecular weight is 240 g/mol. The molecule has 0 saturated heterocycles. The second-order valence-electron chi connectivity index (χ2n) is 4.17. The molecule has 3 aromatic rings. The van der Waals surface area contributed by atoms with Crippen LogP contribution in [0.4, 0.5) is 5.69 Å². The van der Waals surface area contributed by atoms with Crippen molar-refractivity contribution in [1.82, 2.24) is 14.6 Å². The summed E-state index contributed by atoms with van der Waals surface area (Å²) in [4.78, 5) is 4.19. The van der Waals surface area contributed by atoms with E-state index in [-0.39, 0.29) is 5.75 Å². The summed E-state index contributed by atoms with van der Waals surface area (Å²) >= 11 is 0. The van der Waals surface area contributed by atoms with E-state index in [9.17, 15) is 5.11 Å². The van der Waals surface area contributed by atoms with Gasteiger partial charge in [0.25, 0.3) is 0 Å². The van der Waals surface area contributed by atoms with E-state index in [1.165, 1.54) is 0 Å². The Balaban J connectivity index is 1.92. The highest BCUT2D eigenvalue weighted by atomic mass is 16.3. The normalized spacial score (nSPS) is 10.9. The summed E-state index contributed by atoms with van der Waals surface area (Å²) in [6.45, 7) is 0. The maximum Gasteiger partial charge on any atom is 0.155 e. The van der Waals surface area contributed by atoms with Crippen molar-refractivity contribution < 1.29 is 5.11 Å². The zero-order valence-electron chi connectivity index (χ0n) is 9.61. The van der Waals surface area contributed by atoms with Gasteiger partial charge < -0.3 is 10.8 Å². The molecule has 1 aromatic carbocycles. The van der Waals surface area contributed by atoms with Crippen LogP contribution >= 0.6 is 0 Å². The fraction of sp³-hybridized carbons (Fsp3) is 0.0769. The van der Waals surface area contributed by atoms with Gasteiger partial charge in [-0.3, -0.25) is 0 Å². The number of anilines is 1. The number of hydrogen-bond acceptors (Lipinski definition) is 4. The van der Waals surface area contributed by atoms with Gasteiger partial charge in [-0.1, -0.05) is 12.1 Å². The van der Waals surface area contributed by atoms with Crippen LogP contribution in [0.25, 0.3) is 5.65 Å². The summed E-state index contributed by atoms with van der Waals surface area (Å²) in [5.41, 5.74) is 9.01. The van der Waals surface area contributed by atoms with E-state index in [1.54, 1.807) is 29.0 Å². The maximum atomic E-state index is 9.22. The Hall–Kier alpha value is -2.56. The number of nitrogen functional groups attached to an aromatic ring is 1. The lowest BCUT2D eigenvalue weighted by Gasteiger charge is -1.97. The molecule has 3 rings (SSSR count). The molecular weight excluding hydrogens is 228 g/mol. The van der Waals surface area contributed by atoms with Gasteiger partial charge in [-0.2, -0.15) is 5.10 Å². The van der Waals surface area contributed by atoms with Crippen LogP contribution in [0.2, 0.25) is 0 Å². The van der Waals surface area contributed by atoms with Gasteiger partial charge >= 0.3 is 0 Å². The number of phenolic OH excluding ortho intramolecular Hbond substituents is 1. The van der Waals surface area contributed by atoms with Crippen LogP contribution in [0.3, 0.4) is 0 Å². The lowest BCUT2D eigenvalue weighted by molar-refractivity contribution is 0.475. The Morgan fingerprint density at radius 1 is 1.22 bits per heavy atom. The molecule has 2 aromatic heterocycles. The summed E-state index contributed by atoms with van der Waals surface area (Å²) in [5, 5.41) is 13.6. The predicted octanol–water partition coefficient (Wildman–Crippen LogP) is 1.61. The van der Waals surface area contributed by atoms with Crippen molar-refractivity contribution in [2.45, 2.75) is 6.42 Å². The van der Waals surface area contributed by atoms with Crippen LogP contribution in [0.15, 0.2) is 42.7 Å². The van der Waals surface area contributed by atoms with E-state index in [0.717, 1.165) is 16.9 Å². The quantitative estimate of drug-likeness (QED) is 0.713. The summed E-state index contributed by atoms with van der Waals surface area (Å²) in [6, 6.07) is 9.01. The molecule has 0 aliphatic rings. The number of fused-ring (bicyclic) bond motifs is 1. The number of nitrogens with two attached hydrogens (primary N) is 1. The molecule has 0 fully saturated rings. The SMILES string of the molecule is Nc1cnc2cc(Cc3ccc(O)cc3)nn2c1. The number of rotatable bonds is 2. The standard InChI is InChI=1S/C13H12N4O/c14-10-7-15-13-6-11(16-17(13)8-10)5-9-1-3-12(18)4-2-9/h1-4,6-8,18H,5,14H2. The van der Waals surface area contributed by atoms with E-state index in [1.807, 2.05) is 18.2 Å². The Bertz CT molecular complexity index is 688. The van der Waals surface area contributed by atoms with E-state index in [0.29, 0.717) is 12.1 Å². The minimum atomic E-state index is 0.267. The minimum Gasteiger partial charge on any atom is -0.508 e. The van der Waals surface area contributed by atoms with Crippen molar-refractivity contribution >= 4 is 11.3 Å². The summed E-state index contributed by atoms with van der Waals surface area (Å²) in [5.74, 6) is 0.267. The van der Waals surface area contributed by atoms with Gasteiger partial charge in [0.2, 0.25) is 0 Å². The van der Waals surface area contributed by atoms with Crippen LogP contribution in [0, 0.1) is 0 Å².